The number of halogens is 1. The van der Waals surface area contributed by atoms with Crippen molar-refractivity contribution in [3.05, 3.63) is 65.1 Å². The van der Waals surface area contributed by atoms with Crippen molar-refractivity contribution in [2.75, 3.05) is 17.4 Å². The van der Waals surface area contributed by atoms with Gasteiger partial charge >= 0.3 is 0 Å². The van der Waals surface area contributed by atoms with Gasteiger partial charge in [0.05, 0.1) is 24.4 Å². The summed E-state index contributed by atoms with van der Waals surface area (Å²) in [5.74, 6) is 0.556. The third-order valence-electron chi connectivity index (χ3n) is 4.86. The molecule has 1 amide bonds. The van der Waals surface area contributed by atoms with Gasteiger partial charge in [-0.05, 0) is 18.2 Å². The summed E-state index contributed by atoms with van der Waals surface area (Å²) in [6.07, 6.45) is 1.85. The fourth-order valence-corrected chi connectivity index (χ4v) is 3.58. The monoisotopic (exact) mass is 392 g/mol. The average Bonchev–Trinajstić information content (AvgIpc) is 2.87. The van der Waals surface area contributed by atoms with Crippen LogP contribution in [0.4, 0.5) is 16.0 Å². The van der Waals surface area contributed by atoms with E-state index in [4.69, 9.17) is 9.47 Å². The molecule has 1 aromatic heterocycles. The maximum absolute atomic E-state index is 13.9. The van der Waals surface area contributed by atoms with Gasteiger partial charge in [0.2, 0.25) is 11.9 Å². The first-order chi connectivity index (χ1) is 14.2. The van der Waals surface area contributed by atoms with Gasteiger partial charge in [0.1, 0.15) is 11.6 Å². The zero-order valence-corrected chi connectivity index (χ0v) is 15.4. The molecule has 0 spiro atoms. The molecule has 0 bridgehead atoms. The Morgan fingerprint density at radius 3 is 3.03 bits per heavy atom. The molecule has 0 radical (unpaired) electrons. The Morgan fingerprint density at radius 1 is 1.21 bits per heavy atom. The third kappa shape index (κ3) is 3.38. The molecule has 0 saturated heterocycles. The van der Waals surface area contributed by atoms with Crippen LogP contribution in [0.1, 0.15) is 16.7 Å². The lowest BCUT2D eigenvalue weighted by atomic mass is 10.1. The molecule has 2 N–H and O–H groups in total. The van der Waals surface area contributed by atoms with Crippen molar-refractivity contribution >= 4 is 17.5 Å². The van der Waals surface area contributed by atoms with Crippen LogP contribution in [0.3, 0.4) is 0 Å². The highest BCUT2D eigenvalue weighted by Gasteiger charge is 2.21. The molecule has 0 saturated carbocycles. The first kappa shape index (κ1) is 17.6. The van der Waals surface area contributed by atoms with E-state index < -0.39 is 0 Å². The van der Waals surface area contributed by atoms with Crippen LogP contribution in [0.25, 0.3) is 11.3 Å². The van der Waals surface area contributed by atoms with E-state index in [1.165, 1.54) is 12.1 Å². The second-order valence-corrected chi connectivity index (χ2v) is 6.86. The molecule has 5 rings (SSSR count). The van der Waals surface area contributed by atoms with E-state index in [1.54, 1.807) is 6.20 Å². The van der Waals surface area contributed by atoms with E-state index in [1.807, 2.05) is 24.3 Å². The normalized spacial score (nSPS) is 14.6. The van der Waals surface area contributed by atoms with Crippen LogP contribution in [0.15, 0.2) is 42.6 Å². The number of carbonyl (C=O) groups excluding carboxylic acids is 1. The van der Waals surface area contributed by atoms with Crippen molar-refractivity contribution in [1.82, 2.24) is 9.97 Å². The lowest BCUT2D eigenvalue weighted by Gasteiger charge is -2.21. The van der Waals surface area contributed by atoms with Crippen LogP contribution in [-0.2, 0) is 29.1 Å². The van der Waals surface area contributed by atoms with E-state index >= 15 is 0 Å². The molecule has 146 valence electrons. The third-order valence-corrected chi connectivity index (χ3v) is 4.86. The summed E-state index contributed by atoms with van der Waals surface area (Å²) in [6.45, 7) is 0.740. The zero-order valence-electron chi connectivity index (χ0n) is 15.4. The van der Waals surface area contributed by atoms with Gasteiger partial charge in [-0.25, -0.2) is 14.4 Å². The molecule has 2 aliphatic rings. The van der Waals surface area contributed by atoms with Crippen molar-refractivity contribution in [3.63, 3.8) is 0 Å². The maximum atomic E-state index is 13.9. The number of carbonyl (C=O) groups is 1. The number of fused-ring (bicyclic) bond motifs is 4. The van der Waals surface area contributed by atoms with Crippen molar-refractivity contribution in [2.24, 2.45) is 0 Å². The SMILES string of the molecule is O=C1Cc2cnc(NCc3cc(F)cc4c3OCOC4)nc2-c2ccccc2N1. The molecule has 3 heterocycles. The number of benzene rings is 2. The topological polar surface area (TPSA) is 85.4 Å². The van der Waals surface area contributed by atoms with Crippen LogP contribution in [0.5, 0.6) is 5.75 Å². The standard InChI is InChI=1S/C21H17FN4O3/c22-15-5-13(20-14(6-15)10-28-11-29-20)9-24-21-23-8-12-7-18(27)25-17-4-2-1-3-16(17)19(12)26-21/h1-6,8H,7,9-11H2,(H,25,27)(H,23,24,26). The molecule has 7 nitrogen and oxygen atoms in total. The highest BCUT2D eigenvalue weighted by Crippen LogP contribution is 2.33. The number of amides is 1. The van der Waals surface area contributed by atoms with Gasteiger partial charge in [0.25, 0.3) is 0 Å². The lowest BCUT2D eigenvalue weighted by Crippen LogP contribution is -2.15. The number of ether oxygens (including phenoxy) is 2. The van der Waals surface area contributed by atoms with Gasteiger partial charge in [0.15, 0.2) is 6.79 Å². The van der Waals surface area contributed by atoms with Crippen molar-refractivity contribution in [2.45, 2.75) is 19.6 Å². The summed E-state index contributed by atoms with van der Waals surface area (Å²) in [4.78, 5) is 21.1. The number of anilines is 2. The first-order valence-corrected chi connectivity index (χ1v) is 9.18. The van der Waals surface area contributed by atoms with Crippen LogP contribution in [0, 0.1) is 5.82 Å². The van der Waals surface area contributed by atoms with E-state index in [0.29, 0.717) is 40.8 Å². The second-order valence-electron chi connectivity index (χ2n) is 6.86. The number of nitrogens with one attached hydrogen (secondary N) is 2. The summed E-state index contributed by atoms with van der Waals surface area (Å²) in [6, 6.07) is 10.4. The molecule has 8 heteroatoms. The number of para-hydroxylation sites is 1. The van der Waals surface area contributed by atoms with Gasteiger partial charge in [-0.15, -0.1) is 0 Å². The van der Waals surface area contributed by atoms with Crippen LogP contribution >= 0.6 is 0 Å². The quantitative estimate of drug-likeness (QED) is 0.712. The highest BCUT2D eigenvalue weighted by molar-refractivity contribution is 5.99. The molecule has 2 aliphatic heterocycles. The van der Waals surface area contributed by atoms with E-state index in [2.05, 4.69) is 20.6 Å². The molecule has 0 atom stereocenters. The fraction of sp³-hybridized carbons (Fsp3) is 0.190. The number of hydrogen-bond acceptors (Lipinski definition) is 6. The number of nitrogens with zero attached hydrogens (tertiary/aromatic N) is 2. The highest BCUT2D eigenvalue weighted by atomic mass is 19.1. The van der Waals surface area contributed by atoms with Crippen molar-refractivity contribution < 1.29 is 18.7 Å². The minimum absolute atomic E-state index is 0.105. The molecular weight excluding hydrogens is 375 g/mol. The minimum Gasteiger partial charge on any atom is -0.467 e. The van der Waals surface area contributed by atoms with Gasteiger partial charge < -0.3 is 20.1 Å². The Balaban J connectivity index is 1.46. The van der Waals surface area contributed by atoms with Gasteiger partial charge in [-0.3, -0.25) is 4.79 Å². The molecular formula is C21H17FN4O3. The summed E-state index contributed by atoms with van der Waals surface area (Å²) >= 11 is 0. The minimum atomic E-state index is -0.351. The molecule has 29 heavy (non-hydrogen) atoms. The van der Waals surface area contributed by atoms with Crippen LogP contribution < -0.4 is 15.4 Å². The molecule has 0 aliphatic carbocycles. The first-order valence-electron chi connectivity index (χ1n) is 9.18. The van der Waals surface area contributed by atoms with E-state index in [9.17, 15) is 9.18 Å². The van der Waals surface area contributed by atoms with Crippen molar-refractivity contribution in [1.29, 1.82) is 0 Å². The lowest BCUT2D eigenvalue weighted by molar-refractivity contribution is -0.115. The van der Waals surface area contributed by atoms with Crippen LogP contribution in [-0.4, -0.2) is 22.7 Å². The predicted octanol–water partition coefficient (Wildman–Crippen LogP) is 3.26. The van der Waals surface area contributed by atoms with E-state index in [-0.39, 0.29) is 31.5 Å². The average molecular weight is 392 g/mol. The maximum Gasteiger partial charge on any atom is 0.228 e. The number of rotatable bonds is 3. The summed E-state index contributed by atoms with van der Waals surface area (Å²) in [5.41, 5.74) is 4.34. The largest absolute Gasteiger partial charge is 0.467 e. The second kappa shape index (κ2) is 7.14. The Bertz CT molecular complexity index is 1120. The Morgan fingerprint density at radius 2 is 2.10 bits per heavy atom. The summed E-state index contributed by atoms with van der Waals surface area (Å²) < 4.78 is 24.7. The number of aromatic nitrogens is 2. The Kier molecular flexibility index (Phi) is 4.33. The molecule has 2 aromatic carbocycles. The molecule has 3 aromatic rings. The van der Waals surface area contributed by atoms with Gasteiger partial charge in [-0.2, -0.15) is 0 Å². The fourth-order valence-electron chi connectivity index (χ4n) is 3.58. The van der Waals surface area contributed by atoms with Crippen LogP contribution in [0.2, 0.25) is 0 Å². The van der Waals surface area contributed by atoms with Gasteiger partial charge in [0, 0.05) is 35.0 Å². The molecule has 0 unspecified atom stereocenters. The van der Waals surface area contributed by atoms with Crippen molar-refractivity contribution in [3.8, 4) is 17.0 Å². The summed E-state index contributed by atoms with van der Waals surface area (Å²) in [5, 5.41) is 6.03. The predicted molar refractivity (Wildman–Crippen MR) is 104 cm³/mol. The van der Waals surface area contributed by atoms with E-state index in [0.717, 1.165) is 11.1 Å². The smallest absolute Gasteiger partial charge is 0.228 e. The Labute approximate surface area is 165 Å². The number of hydrogen-bond donors (Lipinski definition) is 2. The van der Waals surface area contributed by atoms with Gasteiger partial charge in [-0.1, -0.05) is 18.2 Å². The zero-order chi connectivity index (χ0) is 19.8. The Hall–Kier alpha value is -3.52. The summed E-state index contributed by atoms with van der Waals surface area (Å²) in [7, 11) is 0. The molecule has 0 fully saturated rings.